The van der Waals surface area contributed by atoms with Crippen molar-refractivity contribution >= 4 is 23.0 Å². The van der Waals surface area contributed by atoms with Crippen LogP contribution >= 0.6 is 0 Å². The van der Waals surface area contributed by atoms with Crippen LogP contribution in [-0.4, -0.2) is 31.3 Å². The summed E-state index contributed by atoms with van der Waals surface area (Å²) in [5.74, 6) is 0.697. The Morgan fingerprint density at radius 2 is 1.81 bits per heavy atom. The predicted octanol–water partition coefficient (Wildman–Crippen LogP) is 4.51. The van der Waals surface area contributed by atoms with Gasteiger partial charge in [0.2, 0.25) is 0 Å². The third-order valence-electron chi connectivity index (χ3n) is 4.97. The molecule has 4 rings (SSSR count). The van der Waals surface area contributed by atoms with Crippen LogP contribution < -0.4 is 25.6 Å². The third-order valence-corrected chi connectivity index (χ3v) is 4.97. The summed E-state index contributed by atoms with van der Waals surface area (Å²) in [5.41, 5.74) is 1.77. The molecule has 0 saturated heterocycles. The molecule has 1 aromatic heterocycles. The maximum atomic E-state index is 12.8. The van der Waals surface area contributed by atoms with Crippen LogP contribution in [0.1, 0.15) is 16.1 Å². The van der Waals surface area contributed by atoms with Crippen LogP contribution in [-0.2, 0) is 6.18 Å². The monoisotopic (exact) mass is 443 g/mol. The van der Waals surface area contributed by atoms with Crippen molar-refractivity contribution in [1.29, 1.82) is 0 Å². The van der Waals surface area contributed by atoms with Crippen LogP contribution in [0.25, 0.3) is 0 Å². The summed E-state index contributed by atoms with van der Waals surface area (Å²) in [7, 11) is 3.38. The zero-order valence-corrected chi connectivity index (χ0v) is 17.2. The van der Waals surface area contributed by atoms with Gasteiger partial charge in [-0.1, -0.05) is 0 Å². The number of nitrogens with zero attached hydrogens (tertiary/aromatic N) is 2. The van der Waals surface area contributed by atoms with Crippen LogP contribution in [0.4, 0.5) is 30.2 Å². The first kappa shape index (κ1) is 21.3. The lowest BCUT2D eigenvalue weighted by atomic mass is 10.2. The number of carbonyl (C=O) groups excluding carboxylic acids is 1. The molecule has 1 aliphatic heterocycles. The van der Waals surface area contributed by atoms with E-state index in [1.807, 2.05) is 18.0 Å². The van der Waals surface area contributed by atoms with Crippen molar-refractivity contribution in [2.24, 2.45) is 0 Å². The molecule has 3 aromatic rings. The van der Waals surface area contributed by atoms with Gasteiger partial charge in [0.05, 0.1) is 16.9 Å². The first-order valence-electron chi connectivity index (χ1n) is 9.68. The summed E-state index contributed by atoms with van der Waals surface area (Å²) in [6, 6.07) is 13.5. The molecule has 1 aliphatic rings. The van der Waals surface area contributed by atoms with Crippen LogP contribution in [0.3, 0.4) is 0 Å². The smallest absolute Gasteiger partial charge is 0.416 e. The Balaban J connectivity index is 1.46. The second kappa shape index (κ2) is 8.29. The number of hydrogen-bond donors (Lipinski definition) is 3. The second-order valence-corrected chi connectivity index (χ2v) is 7.11. The molecule has 7 nitrogen and oxygen atoms in total. The largest absolute Gasteiger partial charge is 0.457 e. The van der Waals surface area contributed by atoms with Crippen molar-refractivity contribution in [3.05, 3.63) is 72.1 Å². The number of halogens is 3. The zero-order valence-electron chi connectivity index (χ0n) is 17.2. The number of pyridine rings is 1. The number of alkyl halides is 3. The van der Waals surface area contributed by atoms with Crippen molar-refractivity contribution in [3.63, 3.8) is 0 Å². The molecule has 0 aliphatic carbocycles. The molecular weight excluding hydrogens is 423 g/mol. The van der Waals surface area contributed by atoms with E-state index in [2.05, 4.69) is 20.9 Å². The number of carbonyl (C=O) groups is 1. The lowest BCUT2D eigenvalue weighted by Crippen LogP contribution is -2.39. The fourth-order valence-corrected chi connectivity index (χ4v) is 3.29. The Morgan fingerprint density at radius 3 is 2.50 bits per heavy atom. The minimum Gasteiger partial charge on any atom is -0.457 e. The van der Waals surface area contributed by atoms with Crippen LogP contribution in [0, 0.1) is 0 Å². The van der Waals surface area contributed by atoms with Crippen LogP contribution in [0.2, 0.25) is 0 Å². The molecule has 0 radical (unpaired) electrons. The minimum atomic E-state index is -4.37. The van der Waals surface area contributed by atoms with E-state index in [-0.39, 0.29) is 17.9 Å². The van der Waals surface area contributed by atoms with E-state index in [1.165, 1.54) is 25.4 Å². The molecule has 1 unspecified atom stereocenters. The van der Waals surface area contributed by atoms with E-state index >= 15 is 0 Å². The lowest BCUT2D eigenvalue weighted by molar-refractivity contribution is -0.137. The number of fused-ring (bicyclic) bond motifs is 1. The molecule has 0 fully saturated rings. The molecule has 166 valence electrons. The van der Waals surface area contributed by atoms with Crippen molar-refractivity contribution < 1.29 is 22.7 Å². The van der Waals surface area contributed by atoms with Crippen LogP contribution in [0.5, 0.6) is 11.5 Å². The van der Waals surface area contributed by atoms with Crippen LogP contribution in [0.15, 0.2) is 60.8 Å². The lowest BCUT2D eigenvalue weighted by Gasteiger charge is -2.24. The summed E-state index contributed by atoms with van der Waals surface area (Å²) < 4.78 is 44.2. The van der Waals surface area contributed by atoms with E-state index in [0.29, 0.717) is 17.2 Å². The number of benzene rings is 2. The maximum Gasteiger partial charge on any atom is 0.416 e. The predicted molar refractivity (Wildman–Crippen MR) is 115 cm³/mol. The van der Waals surface area contributed by atoms with Gasteiger partial charge in [0.1, 0.15) is 17.2 Å². The molecule has 32 heavy (non-hydrogen) atoms. The molecule has 0 saturated carbocycles. The first-order chi connectivity index (χ1) is 15.2. The fourth-order valence-electron chi connectivity index (χ4n) is 3.29. The summed E-state index contributed by atoms with van der Waals surface area (Å²) in [4.78, 5) is 17.7. The Hall–Kier alpha value is -3.95. The van der Waals surface area contributed by atoms with Gasteiger partial charge in [0, 0.05) is 38.1 Å². The van der Waals surface area contributed by atoms with Gasteiger partial charge in [-0.05, 0) is 42.5 Å². The minimum absolute atomic E-state index is 0.241. The molecule has 1 amide bonds. The Bertz CT molecular complexity index is 1140. The van der Waals surface area contributed by atoms with Gasteiger partial charge in [-0.15, -0.1) is 0 Å². The first-order valence-corrected chi connectivity index (χ1v) is 9.68. The van der Waals surface area contributed by atoms with Gasteiger partial charge >= 0.3 is 6.18 Å². The highest BCUT2D eigenvalue weighted by molar-refractivity contribution is 5.92. The maximum absolute atomic E-state index is 12.8. The van der Waals surface area contributed by atoms with E-state index in [9.17, 15) is 18.0 Å². The highest BCUT2D eigenvalue weighted by Gasteiger charge is 2.30. The number of aromatic nitrogens is 1. The van der Waals surface area contributed by atoms with Crippen molar-refractivity contribution in [2.75, 3.05) is 29.6 Å². The SMILES string of the molecule is CNC(=O)c1cc(Oc2ccc3c(c2)NC(Nc2ccc(C(F)(F)F)cc2)N3C)ccn1. The Morgan fingerprint density at radius 1 is 1.09 bits per heavy atom. The van der Waals surface area contributed by atoms with E-state index < -0.39 is 11.7 Å². The quantitative estimate of drug-likeness (QED) is 0.539. The number of anilines is 3. The van der Waals surface area contributed by atoms with Crippen molar-refractivity contribution in [3.8, 4) is 11.5 Å². The van der Waals surface area contributed by atoms with Crippen molar-refractivity contribution in [2.45, 2.75) is 12.5 Å². The summed E-state index contributed by atoms with van der Waals surface area (Å²) >= 11 is 0. The van der Waals surface area contributed by atoms with Gasteiger partial charge < -0.3 is 25.6 Å². The topological polar surface area (TPSA) is 78.5 Å². The molecule has 0 bridgehead atoms. The van der Waals surface area contributed by atoms with E-state index in [1.54, 1.807) is 24.3 Å². The number of ether oxygens (including phenoxy) is 1. The third kappa shape index (κ3) is 4.39. The standard InChI is InChI=1S/C22H20F3N5O2/c1-26-20(31)18-12-16(9-10-27-18)32-15-7-8-19-17(11-15)29-21(30(19)2)28-14-5-3-13(4-6-14)22(23,24)25/h3-12,21,28-29H,1-2H3,(H,26,31). The van der Waals surface area contributed by atoms with Gasteiger partial charge in [0.25, 0.3) is 5.91 Å². The van der Waals surface area contributed by atoms with E-state index in [0.717, 1.165) is 23.5 Å². The fraction of sp³-hybridized carbons (Fsp3) is 0.182. The molecular formula is C22H20F3N5O2. The zero-order chi connectivity index (χ0) is 22.9. The van der Waals surface area contributed by atoms with Gasteiger partial charge in [-0.3, -0.25) is 9.78 Å². The molecule has 3 N–H and O–H groups in total. The number of hydrogen-bond acceptors (Lipinski definition) is 6. The molecule has 1 atom stereocenters. The number of nitrogens with one attached hydrogen (secondary N) is 3. The average Bonchev–Trinajstić information content (AvgIpc) is 3.07. The van der Waals surface area contributed by atoms with Crippen molar-refractivity contribution in [1.82, 2.24) is 10.3 Å². The molecule has 10 heteroatoms. The van der Waals surface area contributed by atoms with Gasteiger partial charge in [-0.25, -0.2) is 0 Å². The second-order valence-electron chi connectivity index (χ2n) is 7.11. The van der Waals surface area contributed by atoms with Gasteiger partial charge in [-0.2, -0.15) is 13.2 Å². The Kier molecular flexibility index (Phi) is 5.52. The molecule has 0 spiro atoms. The summed E-state index contributed by atoms with van der Waals surface area (Å²) in [5, 5.41) is 8.96. The molecule has 2 heterocycles. The molecule has 2 aromatic carbocycles. The number of rotatable bonds is 5. The summed E-state index contributed by atoms with van der Waals surface area (Å²) in [6.07, 6.45) is -3.25. The number of amides is 1. The average molecular weight is 443 g/mol. The van der Waals surface area contributed by atoms with Gasteiger partial charge in [0.15, 0.2) is 6.29 Å². The Labute approximate surface area is 182 Å². The van der Waals surface area contributed by atoms with E-state index in [4.69, 9.17) is 4.74 Å². The highest BCUT2D eigenvalue weighted by Crippen LogP contribution is 2.38. The summed E-state index contributed by atoms with van der Waals surface area (Å²) in [6.45, 7) is 0. The normalized spacial score (nSPS) is 15.0. The highest BCUT2D eigenvalue weighted by atomic mass is 19.4.